The van der Waals surface area contributed by atoms with Crippen molar-refractivity contribution in [3.05, 3.63) is 35.9 Å². The molecule has 1 aromatic rings. The van der Waals surface area contributed by atoms with E-state index in [0.717, 1.165) is 6.61 Å². The molecule has 138 valence electrons. The summed E-state index contributed by atoms with van der Waals surface area (Å²) in [5.41, 5.74) is 1.22. The highest BCUT2D eigenvalue weighted by Crippen LogP contribution is 2.10. The van der Waals surface area contributed by atoms with Crippen molar-refractivity contribution in [2.75, 3.05) is 13.2 Å². The van der Waals surface area contributed by atoms with E-state index in [1.807, 2.05) is 18.2 Å². The lowest BCUT2D eigenvalue weighted by molar-refractivity contribution is -0.0155. The molecule has 2 nitrogen and oxygen atoms in total. The van der Waals surface area contributed by atoms with E-state index in [4.69, 9.17) is 9.47 Å². The first-order chi connectivity index (χ1) is 11.8. The molecule has 24 heavy (non-hydrogen) atoms. The SMILES string of the molecule is CCCCCCCCCCCCOCC(C)OCc1ccccc1. The van der Waals surface area contributed by atoms with Gasteiger partial charge in [0.05, 0.1) is 19.3 Å². The molecule has 0 N–H and O–H groups in total. The number of benzene rings is 1. The van der Waals surface area contributed by atoms with Gasteiger partial charge in [0.1, 0.15) is 0 Å². The summed E-state index contributed by atoms with van der Waals surface area (Å²) in [4.78, 5) is 0. The molecule has 1 rings (SSSR count). The van der Waals surface area contributed by atoms with Gasteiger partial charge in [-0.2, -0.15) is 0 Å². The molecule has 0 amide bonds. The molecule has 1 unspecified atom stereocenters. The van der Waals surface area contributed by atoms with E-state index in [9.17, 15) is 0 Å². The Morgan fingerprint density at radius 3 is 2.00 bits per heavy atom. The minimum absolute atomic E-state index is 0.160. The first-order valence-electron chi connectivity index (χ1n) is 10.1. The summed E-state index contributed by atoms with van der Waals surface area (Å²) in [5, 5.41) is 0. The van der Waals surface area contributed by atoms with E-state index < -0.39 is 0 Å². The first kappa shape index (κ1) is 21.2. The van der Waals surface area contributed by atoms with E-state index in [1.165, 1.54) is 69.8 Å². The van der Waals surface area contributed by atoms with Gasteiger partial charge in [-0.25, -0.2) is 0 Å². The molecule has 0 bridgehead atoms. The zero-order chi connectivity index (χ0) is 17.3. The van der Waals surface area contributed by atoms with Crippen LogP contribution in [0.15, 0.2) is 30.3 Å². The van der Waals surface area contributed by atoms with Gasteiger partial charge in [0.2, 0.25) is 0 Å². The third kappa shape index (κ3) is 12.5. The number of unbranched alkanes of at least 4 members (excludes halogenated alkanes) is 9. The van der Waals surface area contributed by atoms with Gasteiger partial charge >= 0.3 is 0 Å². The normalized spacial score (nSPS) is 12.4. The quantitative estimate of drug-likeness (QED) is 0.320. The zero-order valence-corrected chi connectivity index (χ0v) is 16.0. The van der Waals surface area contributed by atoms with Crippen LogP contribution in [0.3, 0.4) is 0 Å². The van der Waals surface area contributed by atoms with Gasteiger partial charge in [-0.3, -0.25) is 0 Å². The number of ether oxygens (including phenoxy) is 2. The number of hydrogen-bond donors (Lipinski definition) is 0. The lowest BCUT2D eigenvalue weighted by atomic mass is 10.1. The fraction of sp³-hybridized carbons (Fsp3) is 0.727. The molecule has 0 aliphatic heterocycles. The molecule has 1 atom stereocenters. The lowest BCUT2D eigenvalue weighted by Gasteiger charge is -2.13. The molecule has 0 radical (unpaired) electrons. The Morgan fingerprint density at radius 1 is 0.792 bits per heavy atom. The average molecular weight is 335 g/mol. The largest absolute Gasteiger partial charge is 0.379 e. The van der Waals surface area contributed by atoms with Gasteiger partial charge in [-0.15, -0.1) is 0 Å². The molecule has 0 saturated heterocycles. The predicted octanol–water partition coefficient (Wildman–Crippen LogP) is 6.53. The zero-order valence-electron chi connectivity index (χ0n) is 16.0. The average Bonchev–Trinajstić information content (AvgIpc) is 2.62. The van der Waals surface area contributed by atoms with Crippen molar-refractivity contribution in [3.63, 3.8) is 0 Å². The maximum Gasteiger partial charge on any atom is 0.0785 e. The Labute approximate surface area is 149 Å². The Kier molecular flexibility index (Phi) is 13.8. The summed E-state index contributed by atoms with van der Waals surface area (Å²) in [5.74, 6) is 0. The highest BCUT2D eigenvalue weighted by atomic mass is 16.5. The van der Waals surface area contributed by atoms with E-state index in [1.54, 1.807) is 0 Å². The van der Waals surface area contributed by atoms with Crippen LogP contribution in [0.4, 0.5) is 0 Å². The summed E-state index contributed by atoms with van der Waals surface area (Å²) in [7, 11) is 0. The molecule has 0 spiro atoms. The summed E-state index contributed by atoms with van der Waals surface area (Å²) in [6.45, 7) is 6.60. The Balaban J connectivity index is 1.81. The van der Waals surface area contributed by atoms with Crippen molar-refractivity contribution in [1.82, 2.24) is 0 Å². The Morgan fingerprint density at radius 2 is 1.38 bits per heavy atom. The molecule has 2 heteroatoms. The van der Waals surface area contributed by atoms with Gasteiger partial charge in [0.25, 0.3) is 0 Å². The topological polar surface area (TPSA) is 18.5 Å². The molecule has 0 saturated carbocycles. The van der Waals surface area contributed by atoms with E-state index in [0.29, 0.717) is 13.2 Å². The monoisotopic (exact) mass is 334 g/mol. The third-order valence-corrected chi connectivity index (χ3v) is 4.37. The van der Waals surface area contributed by atoms with Gasteiger partial charge < -0.3 is 9.47 Å². The summed E-state index contributed by atoms with van der Waals surface area (Å²) in [6, 6.07) is 10.3. The third-order valence-electron chi connectivity index (χ3n) is 4.37. The van der Waals surface area contributed by atoms with Crippen molar-refractivity contribution < 1.29 is 9.47 Å². The number of hydrogen-bond acceptors (Lipinski definition) is 2. The van der Waals surface area contributed by atoms with Crippen molar-refractivity contribution in [2.45, 2.75) is 90.8 Å². The molecular formula is C22H38O2. The second-order valence-corrected chi connectivity index (χ2v) is 6.86. The highest BCUT2D eigenvalue weighted by Gasteiger charge is 2.02. The standard InChI is InChI=1S/C22H38O2/c1-3-4-5-6-7-8-9-10-11-15-18-23-19-21(2)24-20-22-16-13-12-14-17-22/h12-14,16-17,21H,3-11,15,18-20H2,1-2H3. The van der Waals surface area contributed by atoms with Crippen LogP contribution in [0.25, 0.3) is 0 Å². The van der Waals surface area contributed by atoms with Crippen LogP contribution in [-0.2, 0) is 16.1 Å². The molecule has 1 aromatic carbocycles. The Bertz CT molecular complexity index is 363. The maximum absolute atomic E-state index is 5.80. The van der Waals surface area contributed by atoms with Gasteiger partial charge in [0.15, 0.2) is 0 Å². The van der Waals surface area contributed by atoms with E-state index >= 15 is 0 Å². The molecular weight excluding hydrogens is 296 g/mol. The molecule has 0 aromatic heterocycles. The maximum atomic E-state index is 5.80. The van der Waals surface area contributed by atoms with Crippen molar-refractivity contribution in [1.29, 1.82) is 0 Å². The van der Waals surface area contributed by atoms with Crippen molar-refractivity contribution >= 4 is 0 Å². The fourth-order valence-corrected chi connectivity index (χ4v) is 2.80. The van der Waals surface area contributed by atoms with Crippen molar-refractivity contribution in [3.8, 4) is 0 Å². The first-order valence-corrected chi connectivity index (χ1v) is 10.1. The summed E-state index contributed by atoms with van der Waals surface area (Å²) < 4.78 is 11.5. The predicted molar refractivity (Wildman–Crippen MR) is 103 cm³/mol. The highest BCUT2D eigenvalue weighted by molar-refractivity contribution is 5.13. The van der Waals surface area contributed by atoms with E-state index in [2.05, 4.69) is 26.0 Å². The van der Waals surface area contributed by atoms with Crippen LogP contribution in [0.2, 0.25) is 0 Å². The molecule has 0 aliphatic carbocycles. The summed E-state index contributed by atoms with van der Waals surface area (Å²) in [6.07, 6.45) is 13.8. The number of rotatable bonds is 16. The van der Waals surface area contributed by atoms with Crippen LogP contribution in [0.5, 0.6) is 0 Å². The Hall–Kier alpha value is -0.860. The molecule has 0 aliphatic rings. The lowest BCUT2D eigenvalue weighted by Crippen LogP contribution is -2.16. The van der Waals surface area contributed by atoms with E-state index in [-0.39, 0.29) is 6.10 Å². The second-order valence-electron chi connectivity index (χ2n) is 6.86. The summed E-state index contributed by atoms with van der Waals surface area (Å²) >= 11 is 0. The van der Waals surface area contributed by atoms with Crippen LogP contribution in [0.1, 0.15) is 83.6 Å². The van der Waals surface area contributed by atoms with Gasteiger partial charge in [0, 0.05) is 6.61 Å². The van der Waals surface area contributed by atoms with Crippen molar-refractivity contribution in [2.24, 2.45) is 0 Å². The minimum Gasteiger partial charge on any atom is -0.379 e. The van der Waals surface area contributed by atoms with Gasteiger partial charge in [-0.1, -0.05) is 95.0 Å². The smallest absolute Gasteiger partial charge is 0.0785 e. The van der Waals surface area contributed by atoms with Crippen LogP contribution in [0, 0.1) is 0 Å². The fourth-order valence-electron chi connectivity index (χ4n) is 2.80. The van der Waals surface area contributed by atoms with Crippen LogP contribution < -0.4 is 0 Å². The minimum atomic E-state index is 0.160. The second kappa shape index (κ2) is 15.7. The van der Waals surface area contributed by atoms with Crippen LogP contribution in [-0.4, -0.2) is 19.3 Å². The molecule has 0 heterocycles. The van der Waals surface area contributed by atoms with Gasteiger partial charge in [-0.05, 0) is 18.9 Å². The molecule has 0 fully saturated rings. The van der Waals surface area contributed by atoms with Crippen LogP contribution >= 0.6 is 0 Å².